The zero-order valence-electron chi connectivity index (χ0n) is 19.1. The lowest BCUT2D eigenvalue weighted by molar-refractivity contribution is 0.102. The van der Waals surface area contributed by atoms with Crippen molar-refractivity contribution in [1.29, 1.82) is 0 Å². The molecule has 3 aromatic carbocycles. The van der Waals surface area contributed by atoms with E-state index in [2.05, 4.69) is 48.7 Å². The van der Waals surface area contributed by atoms with E-state index in [1.165, 1.54) is 5.56 Å². The molecular formula is C27H31N3O3. The van der Waals surface area contributed by atoms with Crippen LogP contribution in [0.4, 0.5) is 16.2 Å². The SMILES string of the molecule is CCC[C@@H](NC(=O)OCc1ccc(C(=O)Nc2ccccc2N)cc1)c1ccc(CC)cc1. The van der Waals surface area contributed by atoms with E-state index in [0.29, 0.717) is 16.9 Å². The number of nitrogens with one attached hydrogen (secondary N) is 2. The molecule has 0 saturated heterocycles. The number of ether oxygens (including phenoxy) is 1. The number of hydrogen-bond acceptors (Lipinski definition) is 4. The predicted octanol–water partition coefficient (Wildman–Crippen LogP) is 5.85. The number of rotatable bonds is 9. The maximum Gasteiger partial charge on any atom is 0.407 e. The largest absolute Gasteiger partial charge is 0.445 e. The maximum atomic E-state index is 12.4. The van der Waals surface area contributed by atoms with Crippen LogP contribution in [0.15, 0.2) is 72.8 Å². The van der Waals surface area contributed by atoms with Gasteiger partial charge in [0, 0.05) is 5.56 Å². The second-order valence-electron chi connectivity index (χ2n) is 7.90. The smallest absolute Gasteiger partial charge is 0.407 e. The highest BCUT2D eigenvalue weighted by atomic mass is 16.5. The van der Waals surface area contributed by atoms with Crippen LogP contribution in [0.2, 0.25) is 0 Å². The minimum atomic E-state index is -0.464. The van der Waals surface area contributed by atoms with Crippen LogP contribution >= 0.6 is 0 Å². The fourth-order valence-electron chi connectivity index (χ4n) is 3.49. The second kappa shape index (κ2) is 11.7. The molecule has 0 fully saturated rings. The van der Waals surface area contributed by atoms with Crippen LogP contribution in [0.5, 0.6) is 0 Å². The van der Waals surface area contributed by atoms with Gasteiger partial charge in [0.2, 0.25) is 0 Å². The number of benzene rings is 3. The Hall–Kier alpha value is -3.80. The summed E-state index contributed by atoms with van der Waals surface area (Å²) in [6, 6.07) is 22.2. The Morgan fingerprint density at radius 2 is 1.58 bits per heavy atom. The molecule has 1 atom stereocenters. The molecule has 0 unspecified atom stereocenters. The molecule has 0 bridgehead atoms. The molecule has 2 amide bonds. The minimum absolute atomic E-state index is 0.0927. The third kappa shape index (κ3) is 6.84. The van der Waals surface area contributed by atoms with Gasteiger partial charge in [0.05, 0.1) is 17.4 Å². The van der Waals surface area contributed by atoms with Crippen molar-refractivity contribution in [2.24, 2.45) is 0 Å². The van der Waals surface area contributed by atoms with E-state index in [-0.39, 0.29) is 18.6 Å². The Morgan fingerprint density at radius 3 is 2.21 bits per heavy atom. The predicted molar refractivity (Wildman–Crippen MR) is 132 cm³/mol. The van der Waals surface area contributed by atoms with Crippen LogP contribution in [0.25, 0.3) is 0 Å². The molecule has 3 rings (SSSR count). The summed E-state index contributed by atoms with van der Waals surface area (Å²) < 4.78 is 5.42. The average molecular weight is 446 g/mol. The number of nitrogen functional groups attached to an aromatic ring is 1. The highest BCUT2D eigenvalue weighted by Crippen LogP contribution is 2.20. The molecule has 6 heteroatoms. The Kier molecular flexibility index (Phi) is 8.47. The van der Waals surface area contributed by atoms with Crippen molar-refractivity contribution in [3.05, 3.63) is 95.1 Å². The Labute approximate surface area is 195 Å². The Morgan fingerprint density at radius 1 is 0.909 bits per heavy atom. The van der Waals surface area contributed by atoms with E-state index in [1.54, 1.807) is 36.4 Å². The van der Waals surface area contributed by atoms with Gasteiger partial charge in [-0.1, -0.05) is 68.8 Å². The van der Waals surface area contributed by atoms with Gasteiger partial charge in [0.15, 0.2) is 0 Å². The molecule has 0 aliphatic carbocycles. The Bertz CT molecular complexity index is 1060. The van der Waals surface area contributed by atoms with Crippen LogP contribution in [0.3, 0.4) is 0 Å². The van der Waals surface area contributed by atoms with Crippen molar-refractivity contribution in [2.75, 3.05) is 11.1 Å². The number of amides is 2. The number of carbonyl (C=O) groups excluding carboxylic acids is 2. The first-order valence-corrected chi connectivity index (χ1v) is 11.3. The molecule has 6 nitrogen and oxygen atoms in total. The van der Waals surface area contributed by atoms with E-state index in [1.807, 2.05) is 12.1 Å². The van der Waals surface area contributed by atoms with Gasteiger partial charge in [-0.05, 0) is 53.8 Å². The van der Waals surface area contributed by atoms with Gasteiger partial charge in [-0.2, -0.15) is 0 Å². The van der Waals surface area contributed by atoms with Gasteiger partial charge in [0.1, 0.15) is 6.61 Å². The van der Waals surface area contributed by atoms with E-state index in [0.717, 1.165) is 30.4 Å². The second-order valence-corrected chi connectivity index (χ2v) is 7.90. The lowest BCUT2D eigenvalue weighted by Gasteiger charge is -2.19. The summed E-state index contributed by atoms with van der Waals surface area (Å²) in [5.41, 5.74) is 10.6. The van der Waals surface area contributed by atoms with E-state index in [9.17, 15) is 9.59 Å². The third-order valence-electron chi connectivity index (χ3n) is 5.45. The van der Waals surface area contributed by atoms with Crippen molar-refractivity contribution in [3.63, 3.8) is 0 Å². The van der Waals surface area contributed by atoms with Gasteiger partial charge in [-0.25, -0.2) is 4.79 Å². The summed E-state index contributed by atoms with van der Waals surface area (Å²) in [7, 11) is 0. The van der Waals surface area contributed by atoms with Crippen molar-refractivity contribution < 1.29 is 14.3 Å². The van der Waals surface area contributed by atoms with Gasteiger partial charge >= 0.3 is 6.09 Å². The zero-order chi connectivity index (χ0) is 23.6. The topological polar surface area (TPSA) is 93.4 Å². The summed E-state index contributed by atoms with van der Waals surface area (Å²) in [4.78, 5) is 24.8. The van der Waals surface area contributed by atoms with E-state index < -0.39 is 6.09 Å². The monoisotopic (exact) mass is 445 g/mol. The van der Waals surface area contributed by atoms with Gasteiger partial charge in [0.25, 0.3) is 5.91 Å². The highest BCUT2D eigenvalue weighted by Gasteiger charge is 2.15. The molecule has 33 heavy (non-hydrogen) atoms. The summed E-state index contributed by atoms with van der Waals surface area (Å²) in [5.74, 6) is -0.255. The molecule has 0 spiro atoms. The molecule has 0 aromatic heterocycles. The molecule has 172 valence electrons. The molecular weight excluding hydrogens is 414 g/mol. The lowest BCUT2D eigenvalue weighted by atomic mass is 10.0. The molecule has 0 heterocycles. The quantitative estimate of drug-likeness (QED) is 0.360. The number of anilines is 2. The summed E-state index contributed by atoms with van der Waals surface area (Å²) in [6.07, 6.45) is 2.29. The molecule has 0 radical (unpaired) electrons. The zero-order valence-corrected chi connectivity index (χ0v) is 19.1. The standard InChI is InChI=1S/C27H31N3O3/c1-3-7-24(21-14-10-19(4-2)11-15-21)30-27(32)33-18-20-12-16-22(17-13-20)26(31)29-25-9-6-5-8-23(25)28/h5-6,8-17,24H,3-4,7,18,28H2,1-2H3,(H,29,31)(H,30,32)/t24-/m1/s1. The van der Waals surface area contributed by atoms with Crippen LogP contribution in [-0.4, -0.2) is 12.0 Å². The van der Waals surface area contributed by atoms with E-state index >= 15 is 0 Å². The van der Waals surface area contributed by atoms with Crippen molar-refractivity contribution in [2.45, 2.75) is 45.8 Å². The summed E-state index contributed by atoms with van der Waals surface area (Å²) in [5, 5.41) is 5.76. The fraction of sp³-hybridized carbons (Fsp3) is 0.259. The summed E-state index contributed by atoms with van der Waals surface area (Å²) >= 11 is 0. The minimum Gasteiger partial charge on any atom is -0.445 e. The third-order valence-corrected chi connectivity index (χ3v) is 5.45. The number of hydrogen-bond donors (Lipinski definition) is 3. The number of aryl methyl sites for hydroxylation is 1. The molecule has 3 aromatic rings. The van der Waals surface area contributed by atoms with Gasteiger partial charge in [-0.3, -0.25) is 4.79 Å². The first-order valence-electron chi connectivity index (χ1n) is 11.3. The van der Waals surface area contributed by atoms with Gasteiger partial charge < -0.3 is 21.1 Å². The number of para-hydroxylation sites is 2. The first kappa shape index (κ1) is 23.9. The van der Waals surface area contributed by atoms with Crippen LogP contribution in [0, 0.1) is 0 Å². The van der Waals surface area contributed by atoms with Gasteiger partial charge in [-0.15, -0.1) is 0 Å². The molecule has 0 aliphatic heterocycles. The first-order chi connectivity index (χ1) is 16.0. The van der Waals surface area contributed by atoms with Crippen molar-refractivity contribution in [1.82, 2.24) is 5.32 Å². The van der Waals surface area contributed by atoms with Crippen molar-refractivity contribution >= 4 is 23.4 Å². The molecule has 4 N–H and O–H groups in total. The highest BCUT2D eigenvalue weighted by molar-refractivity contribution is 6.05. The maximum absolute atomic E-state index is 12.4. The van der Waals surface area contributed by atoms with Crippen LogP contribution < -0.4 is 16.4 Å². The normalized spacial score (nSPS) is 11.5. The molecule has 0 aliphatic rings. The Balaban J connectivity index is 1.53. The number of alkyl carbamates (subject to hydrolysis) is 1. The lowest BCUT2D eigenvalue weighted by Crippen LogP contribution is -2.29. The van der Waals surface area contributed by atoms with Crippen molar-refractivity contribution in [3.8, 4) is 0 Å². The van der Waals surface area contributed by atoms with Crippen LogP contribution in [-0.2, 0) is 17.8 Å². The fourth-order valence-corrected chi connectivity index (χ4v) is 3.49. The summed E-state index contributed by atoms with van der Waals surface area (Å²) in [6.45, 7) is 4.32. The number of nitrogens with two attached hydrogens (primary N) is 1. The van der Waals surface area contributed by atoms with Crippen LogP contribution in [0.1, 0.15) is 59.8 Å². The molecule has 0 saturated carbocycles. The average Bonchev–Trinajstić information content (AvgIpc) is 2.84. The van der Waals surface area contributed by atoms with E-state index in [4.69, 9.17) is 10.5 Å². The number of carbonyl (C=O) groups is 2.